The maximum absolute atomic E-state index is 12.1. The molecule has 200 valence electrons. The Hall–Kier alpha value is -0.240. The largest absolute Gasteiger partial charge is 0.461 e. The van der Waals surface area contributed by atoms with Crippen LogP contribution in [0.5, 0.6) is 0 Å². The Balaban J connectivity index is 1.47. The van der Waals surface area contributed by atoms with E-state index < -0.39 is 0 Å². The van der Waals surface area contributed by atoms with Crippen LogP contribution in [0.3, 0.4) is 0 Å². The summed E-state index contributed by atoms with van der Waals surface area (Å²) in [5, 5.41) is 0. The first-order valence-corrected chi connectivity index (χ1v) is 15.5. The number of esters is 1. The van der Waals surface area contributed by atoms with E-state index in [1.54, 1.807) is 0 Å². The predicted octanol–water partition coefficient (Wildman–Crippen LogP) is 8.89. The maximum Gasteiger partial charge on any atom is 0.321 e. The molecular formula is C32H53ClO2. The zero-order valence-electron chi connectivity index (χ0n) is 24.0. The molecule has 5 fully saturated rings. The Morgan fingerprint density at radius 2 is 1.54 bits per heavy atom. The summed E-state index contributed by atoms with van der Waals surface area (Å²) in [6.45, 7) is 20.6. The number of fused-ring (bicyclic) bond motifs is 7. The molecule has 0 saturated heterocycles. The van der Waals surface area contributed by atoms with Crippen LogP contribution in [0.25, 0.3) is 0 Å². The quantitative estimate of drug-likeness (QED) is 0.283. The summed E-state index contributed by atoms with van der Waals surface area (Å²) in [5.41, 5.74) is 1.80. The van der Waals surface area contributed by atoms with Gasteiger partial charge in [0.25, 0.3) is 0 Å². The van der Waals surface area contributed by atoms with Gasteiger partial charge in [-0.1, -0.05) is 55.4 Å². The fraction of sp³-hybridized carbons (Fsp3) is 0.969. The van der Waals surface area contributed by atoms with E-state index in [2.05, 4.69) is 55.4 Å². The molecule has 0 unspecified atom stereocenters. The van der Waals surface area contributed by atoms with E-state index in [0.29, 0.717) is 27.6 Å². The molecule has 2 nitrogen and oxygen atoms in total. The molecule has 5 saturated carbocycles. The van der Waals surface area contributed by atoms with Crippen LogP contribution in [0.2, 0.25) is 0 Å². The molecule has 0 radical (unpaired) electrons. The van der Waals surface area contributed by atoms with Crippen molar-refractivity contribution in [1.82, 2.24) is 0 Å². The third kappa shape index (κ3) is 3.49. The highest BCUT2D eigenvalue weighted by atomic mass is 35.5. The molecule has 0 aromatic rings. The summed E-state index contributed by atoms with van der Waals surface area (Å²) < 4.78 is 5.94. The number of ether oxygens (including phenoxy) is 1. The van der Waals surface area contributed by atoms with Gasteiger partial charge in [-0.3, -0.25) is 4.79 Å². The number of rotatable bonds is 3. The van der Waals surface area contributed by atoms with Crippen LogP contribution >= 0.6 is 11.6 Å². The topological polar surface area (TPSA) is 26.3 Å². The van der Waals surface area contributed by atoms with Gasteiger partial charge in [-0.15, -0.1) is 11.6 Å². The molecule has 3 heteroatoms. The van der Waals surface area contributed by atoms with E-state index in [-0.39, 0.29) is 23.4 Å². The van der Waals surface area contributed by atoms with Gasteiger partial charge >= 0.3 is 5.97 Å². The molecule has 0 amide bonds. The van der Waals surface area contributed by atoms with Gasteiger partial charge in [0.1, 0.15) is 12.0 Å². The summed E-state index contributed by atoms with van der Waals surface area (Å²) in [7, 11) is 0. The Bertz CT molecular complexity index is 851. The van der Waals surface area contributed by atoms with Crippen molar-refractivity contribution in [3.8, 4) is 0 Å². The van der Waals surface area contributed by atoms with Gasteiger partial charge in [0, 0.05) is 5.41 Å². The Morgan fingerprint density at radius 1 is 0.829 bits per heavy atom. The van der Waals surface area contributed by atoms with Crippen molar-refractivity contribution in [2.24, 2.45) is 62.6 Å². The molecule has 0 aliphatic heterocycles. The normalized spacial score (nSPS) is 52.7. The standard InChI is InChI=1S/C32H53ClO2/c1-20(2)21-11-14-29(5)17-18-31(7)22(27(21)29)9-10-24-30(6)15-13-25(35-26(34)19-33)28(3,4)23(30)12-16-32(24,31)8/h20-25,27H,9-19H2,1-8H3/t21-,22+,23-,24+,25-,27+,29+,30+,31+,32+/m0/s1. The Morgan fingerprint density at radius 3 is 2.20 bits per heavy atom. The van der Waals surface area contributed by atoms with Gasteiger partial charge in [0.05, 0.1) is 0 Å². The average Bonchev–Trinajstić information content (AvgIpc) is 3.14. The predicted molar refractivity (Wildman–Crippen MR) is 145 cm³/mol. The second-order valence-electron chi connectivity index (χ2n) is 15.8. The van der Waals surface area contributed by atoms with Crippen molar-refractivity contribution >= 4 is 17.6 Å². The van der Waals surface area contributed by atoms with E-state index in [4.69, 9.17) is 16.3 Å². The second-order valence-corrected chi connectivity index (χ2v) is 16.0. The third-order valence-corrected chi connectivity index (χ3v) is 14.3. The molecule has 5 aliphatic rings. The second kappa shape index (κ2) is 8.38. The Labute approximate surface area is 221 Å². The monoisotopic (exact) mass is 504 g/mol. The van der Waals surface area contributed by atoms with Gasteiger partial charge in [-0.25, -0.2) is 0 Å². The van der Waals surface area contributed by atoms with Crippen LogP contribution in [-0.4, -0.2) is 18.0 Å². The van der Waals surface area contributed by atoms with Crippen LogP contribution in [0.1, 0.15) is 120 Å². The molecule has 0 spiro atoms. The number of halogens is 1. The molecular weight excluding hydrogens is 452 g/mol. The lowest BCUT2D eigenvalue weighted by atomic mass is 9.32. The minimum Gasteiger partial charge on any atom is -0.461 e. The summed E-state index contributed by atoms with van der Waals surface area (Å²) in [6.07, 6.45) is 13.5. The van der Waals surface area contributed by atoms with E-state index in [9.17, 15) is 4.79 Å². The van der Waals surface area contributed by atoms with Crippen molar-refractivity contribution in [3.63, 3.8) is 0 Å². The SMILES string of the molecule is CC(C)[C@@H]1CC[C@]2(C)CC[C@]3(C)[C@H](CC[C@@H]4[C@]5(C)CC[C@H](OC(=O)CCl)C(C)(C)[C@@H]5CC[C@]43C)[C@@H]12. The van der Waals surface area contributed by atoms with Crippen LogP contribution < -0.4 is 0 Å². The molecule has 0 heterocycles. The van der Waals surface area contributed by atoms with Crippen LogP contribution in [0, 0.1) is 62.6 Å². The number of alkyl halides is 1. The molecule has 0 aromatic heterocycles. The zero-order valence-corrected chi connectivity index (χ0v) is 24.8. The fourth-order valence-electron chi connectivity index (χ4n) is 12.1. The van der Waals surface area contributed by atoms with E-state index in [0.717, 1.165) is 36.0 Å². The average molecular weight is 505 g/mol. The zero-order chi connectivity index (χ0) is 25.6. The minimum atomic E-state index is -0.247. The van der Waals surface area contributed by atoms with Gasteiger partial charge < -0.3 is 4.74 Å². The molecule has 5 aliphatic carbocycles. The highest BCUT2D eigenvalue weighted by molar-refractivity contribution is 6.26. The summed E-state index contributed by atoms with van der Waals surface area (Å²) in [5.74, 6) is 4.66. The number of hydrogen-bond acceptors (Lipinski definition) is 2. The lowest BCUT2D eigenvalue weighted by Crippen LogP contribution is -2.66. The van der Waals surface area contributed by atoms with Crippen molar-refractivity contribution < 1.29 is 9.53 Å². The molecule has 0 N–H and O–H groups in total. The number of carbonyl (C=O) groups excluding carboxylic acids is 1. The number of carbonyl (C=O) groups is 1. The molecule has 5 rings (SSSR count). The number of hydrogen-bond donors (Lipinski definition) is 0. The van der Waals surface area contributed by atoms with Crippen molar-refractivity contribution in [2.75, 3.05) is 5.88 Å². The lowest BCUT2D eigenvalue weighted by Gasteiger charge is -2.73. The highest BCUT2D eigenvalue weighted by Gasteiger charge is 2.70. The van der Waals surface area contributed by atoms with Gasteiger partial charge in [-0.2, -0.15) is 0 Å². The Kier molecular flexibility index (Phi) is 6.31. The summed E-state index contributed by atoms with van der Waals surface area (Å²) >= 11 is 5.82. The maximum atomic E-state index is 12.1. The molecule has 35 heavy (non-hydrogen) atoms. The first-order chi connectivity index (χ1) is 16.2. The van der Waals surface area contributed by atoms with Gasteiger partial charge in [-0.05, 0) is 121 Å². The molecule has 0 aromatic carbocycles. The van der Waals surface area contributed by atoms with Crippen LogP contribution in [0.4, 0.5) is 0 Å². The van der Waals surface area contributed by atoms with Crippen LogP contribution in [0.15, 0.2) is 0 Å². The van der Waals surface area contributed by atoms with Crippen molar-refractivity contribution in [1.29, 1.82) is 0 Å². The van der Waals surface area contributed by atoms with Crippen molar-refractivity contribution in [3.05, 3.63) is 0 Å². The fourth-order valence-corrected chi connectivity index (χ4v) is 12.2. The van der Waals surface area contributed by atoms with Gasteiger partial charge in [0.15, 0.2) is 0 Å². The third-order valence-electron chi connectivity index (χ3n) is 14.1. The first kappa shape index (κ1) is 26.4. The molecule has 10 atom stereocenters. The first-order valence-electron chi connectivity index (χ1n) is 15.0. The van der Waals surface area contributed by atoms with Gasteiger partial charge in [0.2, 0.25) is 0 Å². The van der Waals surface area contributed by atoms with E-state index >= 15 is 0 Å². The smallest absolute Gasteiger partial charge is 0.321 e. The minimum absolute atomic E-state index is 0.00350. The van der Waals surface area contributed by atoms with E-state index in [1.807, 2.05) is 0 Å². The molecule has 0 bridgehead atoms. The lowest BCUT2D eigenvalue weighted by molar-refractivity contribution is -0.250. The summed E-state index contributed by atoms with van der Waals surface area (Å²) in [4.78, 5) is 12.1. The van der Waals surface area contributed by atoms with Crippen LogP contribution in [-0.2, 0) is 9.53 Å². The van der Waals surface area contributed by atoms with Crippen molar-refractivity contribution in [2.45, 2.75) is 126 Å². The highest BCUT2D eigenvalue weighted by Crippen LogP contribution is 2.77. The summed E-state index contributed by atoms with van der Waals surface area (Å²) in [6, 6.07) is 0. The van der Waals surface area contributed by atoms with E-state index in [1.165, 1.54) is 57.8 Å².